The highest BCUT2D eigenvalue weighted by molar-refractivity contribution is 5.93. The SMILES string of the molecule is CCc1cc(O)ccc1NC(=O)[C@H]1CCO[C@H]1C. The van der Waals surface area contributed by atoms with Gasteiger partial charge in [-0.3, -0.25) is 4.79 Å². The molecule has 1 aliphatic heterocycles. The van der Waals surface area contributed by atoms with Crippen LogP contribution in [-0.2, 0) is 16.0 Å². The third kappa shape index (κ3) is 2.64. The minimum atomic E-state index is -0.0801. The Bertz CT molecular complexity index is 445. The van der Waals surface area contributed by atoms with Crippen LogP contribution in [0.2, 0.25) is 0 Å². The number of nitrogens with one attached hydrogen (secondary N) is 1. The van der Waals surface area contributed by atoms with Crippen LogP contribution in [0, 0.1) is 5.92 Å². The number of ether oxygens (including phenoxy) is 1. The molecule has 2 rings (SSSR count). The first-order chi connectivity index (χ1) is 8.61. The lowest BCUT2D eigenvalue weighted by atomic mass is 10.0. The molecule has 1 saturated heterocycles. The van der Waals surface area contributed by atoms with Crippen molar-refractivity contribution in [1.29, 1.82) is 0 Å². The summed E-state index contributed by atoms with van der Waals surface area (Å²) in [6, 6.07) is 5.01. The van der Waals surface area contributed by atoms with Crippen molar-refractivity contribution in [3.05, 3.63) is 23.8 Å². The first kappa shape index (κ1) is 12.9. The van der Waals surface area contributed by atoms with Gasteiger partial charge in [0.2, 0.25) is 5.91 Å². The zero-order valence-electron chi connectivity index (χ0n) is 10.8. The van der Waals surface area contributed by atoms with Crippen molar-refractivity contribution in [2.45, 2.75) is 32.8 Å². The molecule has 0 saturated carbocycles. The Morgan fingerprint density at radius 1 is 1.56 bits per heavy atom. The molecule has 18 heavy (non-hydrogen) atoms. The van der Waals surface area contributed by atoms with E-state index in [1.54, 1.807) is 18.2 Å². The second-order valence-electron chi connectivity index (χ2n) is 4.66. The molecule has 2 atom stereocenters. The van der Waals surface area contributed by atoms with E-state index >= 15 is 0 Å². The van der Waals surface area contributed by atoms with Gasteiger partial charge in [0.15, 0.2) is 0 Å². The van der Waals surface area contributed by atoms with Crippen molar-refractivity contribution in [3.8, 4) is 5.75 Å². The Morgan fingerprint density at radius 3 is 2.94 bits per heavy atom. The van der Waals surface area contributed by atoms with Gasteiger partial charge in [0.05, 0.1) is 12.0 Å². The van der Waals surface area contributed by atoms with Crippen LogP contribution in [0.5, 0.6) is 5.75 Å². The number of aromatic hydroxyl groups is 1. The summed E-state index contributed by atoms with van der Waals surface area (Å²) in [5, 5.41) is 12.4. The summed E-state index contributed by atoms with van der Waals surface area (Å²) >= 11 is 0. The number of benzene rings is 1. The van der Waals surface area contributed by atoms with E-state index in [9.17, 15) is 9.90 Å². The van der Waals surface area contributed by atoms with E-state index in [-0.39, 0.29) is 23.7 Å². The Morgan fingerprint density at radius 2 is 2.33 bits per heavy atom. The molecule has 0 aliphatic carbocycles. The smallest absolute Gasteiger partial charge is 0.230 e. The average Bonchev–Trinajstić information content (AvgIpc) is 2.77. The van der Waals surface area contributed by atoms with E-state index in [1.807, 2.05) is 13.8 Å². The molecule has 0 bridgehead atoms. The number of phenols is 1. The van der Waals surface area contributed by atoms with Gasteiger partial charge in [-0.05, 0) is 43.5 Å². The van der Waals surface area contributed by atoms with Crippen LogP contribution in [-0.4, -0.2) is 23.7 Å². The third-order valence-corrected chi connectivity index (χ3v) is 3.44. The fourth-order valence-electron chi connectivity index (χ4n) is 2.30. The largest absolute Gasteiger partial charge is 0.508 e. The van der Waals surface area contributed by atoms with Gasteiger partial charge < -0.3 is 15.2 Å². The molecule has 1 aromatic carbocycles. The quantitative estimate of drug-likeness (QED) is 0.808. The lowest BCUT2D eigenvalue weighted by Gasteiger charge is -2.16. The highest BCUT2D eigenvalue weighted by Gasteiger charge is 2.30. The van der Waals surface area contributed by atoms with Crippen molar-refractivity contribution < 1.29 is 14.6 Å². The summed E-state index contributed by atoms with van der Waals surface area (Å²) in [4.78, 5) is 12.1. The van der Waals surface area contributed by atoms with E-state index in [0.29, 0.717) is 6.61 Å². The molecule has 1 aliphatic rings. The van der Waals surface area contributed by atoms with Crippen molar-refractivity contribution >= 4 is 11.6 Å². The molecule has 2 N–H and O–H groups in total. The molecule has 1 heterocycles. The number of carbonyl (C=O) groups excluding carboxylic acids is 1. The van der Waals surface area contributed by atoms with E-state index < -0.39 is 0 Å². The number of anilines is 1. The van der Waals surface area contributed by atoms with E-state index in [4.69, 9.17) is 4.74 Å². The second kappa shape index (κ2) is 5.40. The van der Waals surface area contributed by atoms with Gasteiger partial charge in [0.1, 0.15) is 5.75 Å². The predicted octanol–water partition coefficient (Wildman–Crippen LogP) is 2.32. The van der Waals surface area contributed by atoms with Crippen molar-refractivity contribution in [2.24, 2.45) is 5.92 Å². The third-order valence-electron chi connectivity index (χ3n) is 3.44. The van der Waals surface area contributed by atoms with E-state index in [2.05, 4.69) is 5.32 Å². The fourth-order valence-corrected chi connectivity index (χ4v) is 2.30. The summed E-state index contributed by atoms with van der Waals surface area (Å²) < 4.78 is 5.40. The van der Waals surface area contributed by atoms with Gasteiger partial charge in [0, 0.05) is 12.3 Å². The van der Waals surface area contributed by atoms with Crippen LogP contribution >= 0.6 is 0 Å². The Balaban J connectivity index is 2.11. The normalized spacial score (nSPS) is 23.0. The molecule has 0 aromatic heterocycles. The van der Waals surface area contributed by atoms with Crippen molar-refractivity contribution in [2.75, 3.05) is 11.9 Å². The van der Waals surface area contributed by atoms with Crippen LogP contribution in [0.4, 0.5) is 5.69 Å². The molecular formula is C14H19NO3. The van der Waals surface area contributed by atoms with Gasteiger partial charge in [-0.25, -0.2) is 0 Å². The molecule has 98 valence electrons. The number of hydrogen-bond donors (Lipinski definition) is 2. The lowest BCUT2D eigenvalue weighted by Crippen LogP contribution is -2.28. The number of carbonyl (C=O) groups is 1. The number of rotatable bonds is 3. The van der Waals surface area contributed by atoms with Gasteiger partial charge in [-0.15, -0.1) is 0 Å². The van der Waals surface area contributed by atoms with Crippen LogP contribution in [0.1, 0.15) is 25.8 Å². The van der Waals surface area contributed by atoms with Crippen LogP contribution < -0.4 is 5.32 Å². The van der Waals surface area contributed by atoms with Gasteiger partial charge in [-0.2, -0.15) is 0 Å². The predicted molar refractivity (Wildman–Crippen MR) is 69.6 cm³/mol. The Hall–Kier alpha value is -1.55. The van der Waals surface area contributed by atoms with Crippen LogP contribution in [0.25, 0.3) is 0 Å². The minimum absolute atomic E-state index is 0.000361. The number of phenolic OH excluding ortho intramolecular Hbond substituents is 1. The minimum Gasteiger partial charge on any atom is -0.508 e. The Kier molecular flexibility index (Phi) is 3.87. The highest BCUT2D eigenvalue weighted by atomic mass is 16.5. The summed E-state index contributed by atoms with van der Waals surface area (Å²) in [7, 11) is 0. The molecular weight excluding hydrogens is 230 g/mol. The maximum Gasteiger partial charge on any atom is 0.230 e. The van der Waals surface area contributed by atoms with Gasteiger partial charge in [0.25, 0.3) is 0 Å². The standard InChI is InChI=1S/C14H19NO3/c1-3-10-8-11(16)4-5-13(10)15-14(17)12-6-7-18-9(12)2/h4-5,8-9,12,16H,3,6-7H2,1-2H3,(H,15,17)/t9-,12-/m0/s1. The number of aryl methyl sites for hydroxylation is 1. The zero-order chi connectivity index (χ0) is 13.1. The molecule has 0 spiro atoms. The van der Waals surface area contributed by atoms with E-state index in [0.717, 1.165) is 24.1 Å². The van der Waals surface area contributed by atoms with Gasteiger partial charge >= 0.3 is 0 Å². The molecule has 0 radical (unpaired) electrons. The summed E-state index contributed by atoms with van der Waals surface area (Å²) in [5.41, 5.74) is 1.72. The maximum absolute atomic E-state index is 12.1. The topological polar surface area (TPSA) is 58.6 Å². The van der Waals surface area contributed by atoms with Gasteiger partial charge in [-0.1, -0.05) is 6.92 Å². The van der Waals surface area contributed by atoms with Crippen molar-refractivity contribution in [3.63, 3.8) is 0 Å². The summed E-state index contributed by atoms with van der Waals surface area (Å²) in [6.45, 7) is 4.57. The number of hydrogen-bond acceptors (Lipinski definition) is 3. The first-order valence-corrected chi connectivity index (χ1v) is 6.36. The van der Waals surface area contributed by atoms with E-state index in [1.165, 1.54) is 0 Å². The first-order valence-electron chi connectivity index (χ1n) is 6.36. The fraction of sp³-hybridized carbons (Fsp3) is 0.500. The average molecular weight is 249 g/mol. The molecule has 1 amide bonds. The molecule has 4 nitrogen and oxygen atoms in total. The monoisotopic (exact) mass is 249 g/mol. The zero-order valence-corrected chi connectivity index (χ0v) is 10.8. The molecule has 4 heteroatoms. The Labute approximate surface area is 107 Å². The summed E-state index contributed by atoms with van der Waals surface area (Å²) in [6.07, 6.45) is 1.51. The van der Waals surface area contributed by atoms with Crippen LogP contribution in [0.15, 0.2) is 18.2 Å². The maximum atomic E-state index is 12.1. The lowest BCUT2D eigenvalue weighted by molar-refractivity contribution is -0.121. The van der Waals surface area contributed by atoms with Crippen LogP contribution in [0.3, 0.4) is 0 Å². The van der Waals surface area contributed by atoms with Crippen molar-refractivity contribution in [1.82, 2.24) is 0 Å². The summed E-state index contributed by atoms with van der Waals surface area (Å²) in [5.74, 6) is 0.145. The second-order valence-corrected chi connectivity index (χ2v) is 4.66. The molecule has 1 aromatic rings. The molecule has 0 unspecified atom stereocenters. The highest BCUT2D eigenvalue weighted by Crippen LogP contribution is 2.25. The molecule has 1 fully saturated rings. The number of amides is 1.